The van der Waals surface area contributed by atoms with Gasteiger partial charge in [0.25, 0.3) is 5.56 Å². The fraction of sp³-hybridized carbons (Fsp3) is 0.538. The molecule has 0 fully saturated rings. The largest absolute Gasteiger partial charge is 0.355 e. The van der Waals surface area contributed by atoms with Crippen molar-refractivity contribution in [2.75, 3.05) is 11.5 Å². The van der Waals surface area contributed by atoms with Gasteiger partial charge in [-0.05, 0) is 19.1 Å². The predicted molar refractivity (Wildman–Crippen MR) is 80.6 cm³/mol. The van der Waals surface area contributed by atoms with Crippen LogP contribution in [0.15, 0.2) is 17.3 Å². The minimum Gasteiger partial charge on any atom is -0.355 e. The van der Waals surface area contributed by atoms with E-state index in [0.29, 0.717) is 11.6 Å². The van der Waals surface area contributed by atoms with Crippen LogP contribution in [0, 0.1) is 0 Å². The molecule has 0 aliphatic carbocycles. The number of rotatable bonds is 7. The Bertz CT molecular complexity index is 577. The van der Waals surface area contributed by atoms with Crippen LogP contribution in [0.1, 0.15) is 25.8 Å². The maximum absolute atomic E-state index is 11.6. The Hall–Kier alpha value is -1.27. The summed E-state index contributed by atoms with van der Waals surface area (Å²) in [6.45, 7) is 5.10. The second-order valence-electron chi connectivity index (χ2n) is 4.63. The Kier molecular flexibility index (Phi) is 5.04. The van der Waals surface area contributed by atoms with Crippen LogP contribution in [0.5, 0.6) is 0 Å². The molecule has 0 radical (unpaired) electrons. The summed E-state index contributed by atoms with van der Waals surface area (Å²) >= 11 is 1.96. The minimum atomic E-state index is -0.122. The third-order valence-electron chi connectivity index (χ3n) is 2.91. The fourth-order valence-electron chi connectivity index (χ4n) is 1.89. The van der Waals surface area contributed by atoms with E-state index in [0.717, 1.165) is 23.4 Å². The first-order chi connectivity index (χ1) is 9.22. The highest BCUT2D eigenvalue weighted by molar-refractivity contribution is 7.99. The molecule has 2 rings (SSSR count). The van der Waals surface area contributed by atoms with Crippen LogP contribution < -0.4 is 10.9 Å². The van der Waals surface area contributed by atoms with Crippen molar-refractivity contribution in [3.63, 3.8) is 0 Å². The van der Waals surface area contributed by atoms with Gasteiger partial charge in [-0.2, -0.15) is 11.8 Å². The van der Waals surface area contributed by atoms with Gasteiger partial charge in [-0.1, -0.05) is 6.92 Å². The first-order valence-corrected chi connectivity index (χ1v) is 7.72. The van der Waals surface area contributed by atoms with Crippen molar-refractivity contribution in [2.24, 2.45) is 0 Å². The fourth-order valence-corrected chi connectivity index (χ4v) is 2.81. The van der Waals surface area contributed by atoms with Crippen molar-refractivity contribution in [2.45, 2.75) is 32.9 Å². The lowest BCUT2D eigenvalue weighted by Gasteiger charge is -2.12. The number of aromatic nitrogens is 3. The van der Waals surface area contributed by atoms with Gasteiger partial charge in [0.05, 0.1) is 11.8 Å². The Labute approximate surface area is 116 Å². The van der Waals surface area contributed by atoms with E-state index < -0.39 is 0 Å². The number of thioether (sulfide) groups is 1. The van der Waals surface area contributed by atoms with Crippen LogP contribution in [0.2, 0.25) is 0 Å². The summed E-state index contributed by atoms with van der Waals surface area (Å²) in [6, 6.07) is 0.448. The molecule has 0 saturated carbocycles. The molecule has 104 valence electrons. The summed E-state index contributed by atoms with van der Waals surface area (Å²) in [6.07, 6.45) is 4.51. The quantitative estimate of drug-likeness (QED) is 0.677. The summed E-state index contributed by atoms with van der Waals surface area (Å²) in [5.74, 6) is 2.31. The molecule has 1 atom stereocenters. The molecule has 5 nitrogen and oxygen atoms in total. The molecule has 19 heavy (non-hydrogen) atoms. The molecular weight excluding hydrogens is 260 g/mol. The monoisotopic (exact) mass is 280 g/mol. The van der Waals surface area contributed by atoms with Crippen LogP contribution in [0.4, 0.5) is 0 Å². The summed E-state index contributed by atoms with van der Waals surface area (Å²) in [7, 11) is 0. The van der Waals surface area contributed by atoms with Gasteiger partial charge < -0.3 is 15.3 Å². The second-order valence-corrected chi connectivity index (χ2v) is 5.78. The van der Waals surface area contributed by atoms with Crippen molar-refractivity contribution in [1.29, 1.82) is 0 Å². The van der Waals surface area contributed by atoms with Crippen LogP contribution in [0.25, 0.3) is 11.0 Å². The zero-order chi connectivity index (χ0) is 13.7. The maximum atomic E-state index is 11.6. The molecule has 0 saturated heterocycles. The molecule has 0 spiro atoms. The Morgan fingerprint density at radius 1 is 1.47 bits per heavy atom. The first kappa shape index (κ1) is 14.1. The molecule has 0 amide bonds. The van der Waals surface area contributed by atoms with Gasteiger partial charge in [0.15, 0.2) is 0 Å². The number of hydrogen-bond acceptors (Lipinski definition) is 4. The molecule has 0 bridgehead atoms. The number of aromatic amines is 2. The minimum absolute atomic E-state index is 0.122. The molecule has 6 heteroatoms. The maximum Gasteiger partial charge on any atom is 0.275 e. The van der Waals surface area contributed by atoms with E-state index in [1.54, 1.807) is 0 Å². The predicted octanol–water partition coefficient (Wildman–Crippen LogP) is 1.87. The molecule has 3 N–H and O–H groups in total. The van der Waals surface area contributed by atoms with Crippen molar-refractivity contribution >= 4 is 22.8 Å². The third-order valence-corrected chi connectivity index (χ3v) is 4.34. The number of fused-ring (bicyclic) bond motifs is 1. The van der Waals surface area contributed by atoms with Gasteiger partial charge in [-0.3, -0.25) is 4.79 Å². The molecule has 0 unspecified atom stereocenters. The highest BCUT2D eigenvalue weighted by atomic mass is 32.2. The molecule has 0 aliphatic rings. The Balaban J connectivity index is 1.95. The van der Waals surface area contributed by atoms with Crippen LogP contribution >= 0.6 is 11.8 Å². The number of H-pyrrole nitrogens is 2. The van der Waals surface area contributed by atoms with E-state index in [4.69, 9.17) is 0 Å². The van der Waals surface area contributed by atoms with Crippen molar-refractivity contribution in [3.8, 4) is 0 Å². The van der Waals surface area contributed by atoms with Crippen LogP contribution in [-0.2, 0) is 6.54 Å². The molecule has 0 aromatic carbocycles. The highest BCUT2D eigenvalue weighted by Crippen LogP contribution is 2.12. The lowest BCUT2D eigenvalue weighted by Crippen LogP contribution is -2.27. The lowest BCUT2D eigenvalue weighted by atomic mass is 10.2. The Morgan fingerprint density at radius 2 is 2.32 bits per heavy atom. The molecule has 2 heterocycles. The normalized spacial score (nSPS) is 12.9. The van der Waals surface area contributed by atoms with Gasteiger partial charge in [-0.25, -0.2) is 4.98 Å². The average Bonchev–Trinajstić information content (AvgIpc) is 2.81. The molecule has 0 aliphatic heterocycles. The molecule has 2 aromatic rings. The van der Waals surface area contributed by atoms with Crippen LogP contribution in [-0.4, -0.2) is 32.5 Å². The van der Waals surface area contributed by atoms with E-state index in [2.05, 4.69) is 34.1 Å². The standard InChI is InChI=1S/C13H20N4OS/c1-3-4-19-7-9(2)14-5-10-6-15-12-11(10)16-8-17-13(12)18/h6,8-9,14-15H,3-5,7H2,1-2H3,(H,16,17,18)/t9-/m1/s1. The smallest absolute Gasteiger partial charge is 0.275 e. The summed E-state index contributed by atoms with van der Waals surface area (Å²) in [4.78, 5) is 21.3. The van der Waals surface area contributed by atoms with Crippen LogP contribution in [0.3, 0.4) is 0 Å². The van der Waals surface area contributed by atoms with Gasteiger partial charge >= 0.3 is 0 Å². The van der Waals surface area contributed by atoms with Crippen molar-refractivity contribution < 1.29 is 0 Å². The van der Waals surface area contributed by atoms with Crippen molar-refractivity contribution in [3.05, 3.63) is 28.4 Å². The average molecular weight is 280 g/mol. The lowest BCUT2D eigenvalue weighted by molar-refractivity contribution is 0.597. The molecule has 2 aromatic heterocycles. The van der Waals surface area contributed by atoms with E-state index in [1.807, 2.05) is 18.0 Å². The van der Waals surface area contributed by atoms with E-state index >= 15 is 0 Å². The zero-order valence-corrected chi connectivity index (χ0v) is 12.1. The van der Waals surface area contributed by atoms with Gasteiger partial charge in [0.2, 0.25) is 0 Å². The highest BCUT2D eigenvalue weighted by Gasteiger charge is 2.08. The summed E-state index contributed by atoms with van der Waals surface area (Å²) in [5.41, 5.74) is 2.22. The summed E-state index contributed by atoms with van der Waals surface area (Å²) < 4.78 is 0. The zero-order valence-electron chi connectivity index (χ0n) is 11.3. The molecular formula is C13H20N4OS. The Morgan fingerprint density at radius 3 is 3.11 bits per heavy atom. The van der Waals surface area contributed by atoms with Gasteiger partial charge in [-0.15, -0.1) is 0 Å². The number of nitrogens with one attached hydrogen (secondary N) is 3. The van der Waals surface area contributed by atoms with Crippen molar-refractivity contribution in [1.82, 2.24) is 20.3 Å². The van der Waals surface area contributed by atoms with Gasteiger partial charge in [0, 0.05) is 30.1 Å². The van der Waals surface area contributed by atoms with E-state index in [9.17, 15) is 4.79 Å². The first-order valence-electron chi connectivity index (χ1n) is 6.57. The number of nitrogens with zero attached hydrogens (tertiary/aromatic N) is 1. The number of hydrogen-bond donors (Lipinski definition) is 3. The summed E-state index contributed by atoms with van der Waals surface area (Å²) in [5, 5.41) is 3.46. The second kappa shape index (κ2) is 6.77. The van der Waals surface area contributed by atoms with E-state index in [-0.39, 0.29) is 5.56 Å². The van der Waals surface area contributed by atoms with Gasteiger partial charge in [0.1, 0.15) is 5.52 Å². The SMILES string of the molecule is CCCSC[C@@H](C)NCc1c[nH]c2c(=O)[nH]cnc12. The van der Waals surface area contributed by atoms with E-state index in [1.165, 1.54) is 18.5 Å². The third kappa shape index (κ3) is 3.61. The topological polar surface area (TPSA) is 73.6 Å².